The first kappa shape index (κ1) is 16.3. The Kier molecular flexibility index (Phi) is 6.04. The molecule has 116 valence electrons. The Hall–Kier alpha value is -1.09. The van der Waals surface area contributed by atoms with Crippen molar-refractivity contribution in [3.05, 3.63) is 42.5 Å². The van der Waals surface area contributed by atoms with Crippen molar-refractivity contribution in [1.29, 1.82) is 0 Å². The fourth-order valence-corrected chi connectivity index (χ4v) is 4.96. The third-order valence-electron chi connectivity index (χ3n) is 3.69. The third kappa shape index (κ3) is 3.97. The molecule has 0 saturated heterocycles. The molecule has 0 amide bonds. The van der Waals surface area contributed by atoms with Crippen molar-refractivity contribution in [3.8, 4) is 5.75 Å². The van der Waals surface area contributed by atoms with E-state index in [1.165, 1.54) is 0 Å². The highest BCUT2D eigenvalue weighted by molar-refractivity contribution is 7.54. The lowest BCUT2D eigenvalue weighted by atomic mass is 10.3. The van der Waals surface area contributed by atoms with E-state index in [4.69, 9.17) is 4.52 Å². The second kappa shape index (κ2) is 7.79. The van der Waals surface area contributed by atoms with Gasteiger partial charge in [0.15, 0.2) is 0 Å². The summed E-state index contributed by atoms with van der Waals surface area (Å²) >= 11 is 0. The van der Waals surface area contributed by atoms with Gasteiger partial charge in [-0.2, -0.15) is 0 Å². The number of nitrogens with zero attached hydrogens (tertiary/aromatic N) is 2. The minimum absolute atomic E-state index is 0.671. The van der Waals surface area contributed by atoms with Crippen LogP contribution < -0.4 is 4.52 Å². The monoisotopic (exact) mass is 308 g/mol. The Morgan fingerprint density at radius 1 is 1.00 bits per heavy atom. The molecule has 0 saturated carbocycles. The van der Waals surface area contributed by atoms with Gasteiger partial charge in [0.05, 0.1) is 0 Å². The highest BCUT2D eigenvalue weighted by Gasteiger charge is 2.38. The van der Waals surface area contributed by atoms with Crippen LogP contribution in [0.5, 0.6) is 5.75 Å². The van der Waals surface area contributed by atoms with Crippen LogP contribution in [0.3, 0.4) is 0 Å². The molecule has 1 aliphatic rings. The van der Waals surface area contributed by atoms with E-state index in [1.807, 2.05) is 53.5 Å². The number of rotatable bonds is 4. The zero-order chi connectivity index (χ0) is 15.1. The molecule has 4 nitrogen and oxygen atoms in total. The van der Waals surface area contributed by atoms with Crippen molar-refractivity contribution in [2.24, 2.45) is 0 Å². The van der Waals surface area contributed by atoms with Crippen molar-refractivity contribution in [2.75, 3.05) is 26.2 Å². The standard InChI is InChI=1S/C16H25N2O2P/c1-3-17-14-10-5-6-11-15-18(4-2)21(17,19)20-16-12-8-7-9-13-16/h5-9,12-13H,3-4,10-11,14-15H2,1-2H3/b6-5-. The van der Waals surface area contributed by atoms with Crippen molar-refractivity contribution < 1.29 is 9.09 Å². The molecule has 0 aromatic heterocycles. The molecule has 0 atom stereocenters. The lowest BCUT2D eigenvalue weighted by Gasteiger charge is -2.36. The number of hydrogen-bond donors (Lipinski definition) is 0. The maximum atomic E-state index is 13.7. The van der Waals surface area contributed by atoms with Crippen LogP contribution in [-0.2, 0) is 4.57 Å². The molecule has 1 heterocycles. The van der Waals surface area contributed by atoms with Gasteiger partial charge in [0.2, 0.25) is 0 Å². The zero-order valence-electron chi connectivity index (χ0n) is 12.9. The van der Waals surface area contributed by atoms with E-state index in [-0.39, 0.29) is 0 Å². The molecule has 1 aromatic rings. The summed E-state index contributed by atoms with van der Waals surface area (Å²) in [5, 5.41) is 0. The first-order valence-electron chi connectivity index (χ1n) is 7.71. The molecule has 21 heavy (non-hydrogen) atoms. The highest BCUT2D eigenvalue weighted by atomic mass is 31.2. The van der Waals surface area contributed by atoms with Gasteiger partial charge in [-0.1, -0.05) is 44.2 Å². The van der Waals surface area contributed by atoms with Gasteiger partial charge in [0.25, 0.3) is 0 Å². The lowest BCUT2D eigenvalue weighted by Crippen LogP contribution is -2.35. The van der Waals surface area contributed by atoms with Crippen LogP contribution in [0.4, 0.5) is 0 Å². The summed E-state index contributed by atoms with van der Waals surface area (Å²) in [6, 6.07) is 9.49. The van der Waals surface area contributed by atoms with Gasteiger partial charge in [-0.15, -0.1) is 0 Å². The van der Waals surface area contributed by atoms with Gasteiger partial charge in [0.1, 0.15) is 5.75 Å². The quantitative estimate of drug-likeness (QED) is 0.617. The van der Waals surface area contributed by atoms with Gasteiger partial charge in [0, 0.05) is 26.2 Å². The number of hydrogen-bond acceptors (Lipinski definition) is 2. The average Bonchev–Trinajstić information content (AvgIpc) is 2.57. The van der Waals surface area contributed by atoms with Gasteiger partial charge in [-0.3, -0.25) is 0 Å². The molecule has 0 unspecified atom stereocenters. The third-order valence-corrected chi connectivity index (χ3v) is 6.53. The van der Waals surface area contributed by atoms with Gasteiger partial charge < -0.3 is 4.52 Å². The SMILES string of the molecule is CCN1CC/C=C\CCN(CC)P1(=O)Oc1ccccc1. The van der Waals surface area contributed by atoms with Crippen LogP contribution in [0, 0.1) is 0 Å². The predicted molar refractivity (Wildman–Crippen MR) is 87.5 cm³/mol. The van der Waals surface area contributed by atoms with E-state index >= 15 is 0 Å². The highest BCUT2D eigenvalue weighted by Crippen LogP contribution is 2.54. The first-order chi connectivity index (χ1) is 10.2. The van der Waals surface area contributed by atoms with E-state index in [0.29, 0.717) is 18.8 Å². The fraction of sp³-hybridized carbons (Fsp3) is 0.500. The van der Waals surface area contributed by atoms with Crippen molar-refractivity contribution in [2.45, 2.75) is 26.7 Å². The number of para-hydroxylation sites is 1. The maximum Gasteiger partial charge on any atom is 0.395 e. The van der Waals surface area contributed by atoms with Gasteiger partial charge in [-0.05, 0) is 25.0 Å². The minimum atomic E-state index is -3.03. The summed E-state index contributed by atoms with van der Waals surface area (Å²) < 4.78 is 23.6. The van der Waals surface area contributed by atoms with Crippen molar-refractivity contribution in [1.82, 2.24) is 9.34 Å². The molecule has 1 aliphatic heterocycles. The van der Waals surface area contributed by atoms with Crippen molar-refractivity contribution >= 4 is 7.67 Å². The average molecular weight is 308 g/mol. The Morgan fingerprint density at radius 2 is 1.52 bits per heavy atom. The summed E-state index contributed by atoms with van der Waals surface area (Å²) in [4.78, 5) is 0. The van der Waals surface area contributed by atoms with E-state index in [9.17, 15) is 4.57 Å². The molecule has 0 fully saturated rings. The largest absolute Gasteiger partial charge is 0.422 e. The summed E-state index contributed by atoms with van der Waals surface area (Å²) in [5.41, 5.74) is 0. The zero-order valence-corrected chi connectivity index (χ0v) is 13.8. The van der Waals surface area contributed by atoms with Gasteiger partial charge >= 0.3 is 7.67 Å². The van der Waals surface area contributed by atoms with E-state index in [0.717, 1.165) is 25.9 Å². The van der Waals surface area contributed by atoms with Gasteiger partial charge in [-0.25, -0.2) is 13.9 Å². The number of benzene rings is 1. The maximum absolute atomic E-state index is 13.7. The topological polar surface area (TPSA) is 32.8 Å². The molecular weight excluding hydrogens is 283 g/mol. The van der Waals surface area contributed by atoms with Crippen LogP contribution in [0.25, 0.3) is 0 Å². The molecule has 2 rings (SSSR count). The lowest BCUT2D eigenvalue weighted by molar-refractivity contribution is 0.286. The predicted octanol–water partition coefficient (Wildman–Crippen LogP) is 4.17. The Morgan fingerprint density at radius 3 is 2.00 bits per heavy atom. The molecule has 5 heteroatoms. The molecule has 0 N–H and O–H groups in total. The summed E-state index contributed by atoms with van der Waals surface area (Å²) in [6.07, 6.45) is 6.17. The van der Waals surface area contributed by atoms with E-state index < -0.39 is 7.67 Å². The van der Waals surface area contributed by atoms with Crippen LogP contribution in [0.2, 0.25) is 0 Å². The normalized spacial score (nSPS) is 22.0. The molecule has 0 radical (unpaired) electrons. The van der Waals surface area contributed by atoms with Crippen LogP contribution in [-0.4, -0.2) is 35.5 Å². The molecule has 1 aromatic carbocycles. The Bertz CT molecular complexity index is 482. The summed E-state index contributed by atoms with van der Waals surface area (Å²) in [5.74, 6) is 0.671. The Balaban J connectivity index is 2.32. The Labute approximate surface area is 128 Å². The summed E-state index contributed by atoms with van der Waals surface area (Å²) in [7, 11) is -3.03. The molecular formula is C16H25N2O2P. The second-order valence-corrected chi connectivity index (χ2v) is 7.33. The smallest absolute Gasteiger partial charge is 0.395 e. The van der Waals surface area contributed by atoms with Crippen LogP contribution in [0.1, 0.15) is 26.7 Å². The molecule has 0 bridgehead atoms. The first-order valence-corrected chi connectivity index (χ1v) is 9.24. The van der Waals surface area contributed by atoms with Crippen molar-refractivity contribution in [3.63, 3.8) is 0 Å². The van der Waals surface area contributed by atoms with E-state index in [2.05, 4.69) is 12.2 Å². The molecule has 0 spiro atoms. The summed E-state index contributed by atoms with van der Waals surface area (Å²) in [6.45, 7) is 7.02. The molecule has 0 aliphatic carbocycles. The van der Waals surface area contributed by atoms with Crippen LogP contribution in [0.15, 0.2) is 42.5 Å². The van der Waals surface area contributed by atoms with E-state index in [1.54, 1.807) is 0 Å². The van der Waals surface area contributed by atoms with Crippen LogP contribution >= 0.6 is 7.67 Å². The fourth-order valence-electron chi connectivity index (χ4n) is 2.52. The minimum Gasteiger partial charge on any atom is -0.422 e. The second-order valence-electron chi connectivity index (χ2n) is 5.04.